The number of fused-ring (bicyclic) bond motifs is 2. The Morgan fingerprint density at radius 1 is 1.56 bits per heavy atom. The number of carbonyl (C=O) groups is 1. The number of carbonyl (C=O) groups excluding carboxylic acids is 1. The van der Waals surface area contributed by atoms with Crippen molar-refractivity contribution in [2.24, 2.45) is 5.92 Å². The van der Waals surface area contributed by atoms with E-state index in [9.17, 15) is 4.79 Å². The molecule has 1 saturated heterocycles. The molecule has 0 radical (unpaired) electrons. The molecule has 2 atom stereocenters. The maximum absolute atomic E-state index is 10.8. The van der Waals surface area contributed by atoms with Gasteiger partial charge in [-0.15, -0.1) is 12.4 Å². The predicted molar refractivity (Wildman–Crippen MR) is 36.8 cm³/mol. The molecule has 1 heterocycles. The maximum atomic E-state index is 10.8. The molecule has 2 bridgehead atoms. The van der Waals surface area contributed by atoms with Gasteiger partial charge in [-0.3, -0.25) is 4.79 Å². The van der Waals surface area contributed by atoms with E-state index in [-0.39, 0.29) is 12.4 Å². The van der Waals surface area contributed by atoms with Crippen molar-refractivity contribution < 1.29 is 4.79 Å². The lowest BCUT2D eigenvalue weighted by Crippen LogP contribution is -2.29. The summed E-state index contributed by atoms with van der Waals surface area (Å²) in [6, 6.07) is 0.549. The lowest BCUT2D eigenvalue weighted by Gasteiger charge is -2.07. The fourth-order valence-electron chi connectivity index (χ4n) is 1.63. The van der Waals surface area contributed by atoms with Crippen LogP contribution in [0.3, 0.4) is 0 Å². The van der Waals surface area contributed by atoms with Crippen molar-refractivity contribution >= 4 is 18.2 Å². The van der Waals surface area contributed by atoms with Gasteiger partial charge < -0.3 is 5.32 Å². The fraction of sp³-hybridized carbons (Fsp3) is 0.833. The van der Waals surface area contributed by atoms with E-state index >= 15 is 0 Å². The Labute approximate surface area is 60.4 Å². The monoisotopic (exact) mass is 147 g/mol. The Kier molecular flexibility index (Phi) is 1.78. The van der Waals surface area contributed by atoms with Crippen LogP contribution in [-0.4, -0.2) is 18.4 Å². The van der Waals surface area contributed by atoms with Gasteiger partial charge in [0, 0.05) is 24.9 Å². The first-order chi connectivity index (χ1) is 3.86. The van der Waals surface area contributed by atoms with Crippen LogP contribution in [0.2, 0.25) is 0 Å². The molecule has 3 heteroatoms. The van der Waals surface area contributed by atoms with E-state index in [1.165, 1.54) is 0 Å². The Morgan fingerprint density at radius 3 is 2.56 bits per heavy atom. The zero-order chi connectivity index (χ0) is 5.56. The third-order valence-electron chi connectivity index (χ3n) is 2.12. The number of ketones is 1. The normalized spacial score (nSPS) is 38.9. The Hall–Kier alpha value is -0.0800. The molecular formula is C6H10ClNO. The van der Waals surface area contributed by atoms with Gasteiger partial charge >= 0.3 is 0 Å². The van der Waals surface area contributed by atoms with Crippen molar-refractivity contribution in [1.29, 1.82) is 0 Å². The van der Waals surface area contributed by atoms with Crippen molar-refractivity contribution in [3.63, 3.8) is 0 Å². The van der Waals surface area contributed by atoms with Gasteiger partial charge in [0.05, 0.1) is 0 Å². The zero-order valence-corrected chi connectivity index (χ0v) is 5.91. The molecule has 1 aliphatic heterocycles. The quantitative estimate of drug-likeness (QED) is 0.536. The van der Waals surface area contributed by atoms with Crippen LogP contribution < -0.4 is 5.32 Å². The number of halogens is 1. The average molecular weight is 148 g/mol. The Morgan fingerprint density at radius 2 is 2.33 bits per heavy atom. The molecule has 2 aliphatic rings. The highest BCUT2D eigenvalue weighted by Crippen LogP contribution is 2.26. The highest BCUT2D eigenvalue weighted by Gasteiger charge is 2.37. The van der Waals surface area contributed by atoms with E-state index < -0.39 is 0 Å². The predicted octanol–water partition coefficient (Wildman–Crippen LogP) is 0.359. The topological polar surface area (TPSA) is 29.1 Å². The van der Waals surface area contributed by atoms with Crippen molar-refractivity contribution in [1.82, 2.24) is 5.32 Å². The highest BCUT2D eigenvalue weighted by molar-refractivity contribution is 5.85. The second-order valence-electron chi connectivity index (χ2n) is 2.71. The third-order valence-corrected chi connectivity index (χ3v) is 2.12. The lowest BCUT2D eigenvalue weighted by molar-refractivity contribution is -0.121. The summed E-state index contributed by atoms with van der Waals surface area (Å²) in [5, 5.41) is 3.27. The molecule has 1 saturated carbocycles. The van der Waals surface area contributed by atoms with E-state index in [1.807, 2.05) is 0 Å². The molecule has 2 fully saturated rings. The standard InChI is InChI=1S/C6H9NO.ClH/c8-6-2-5-1-4(6)3-7-5;/h4-5,7H,1-3H2;1H/t4-,5+;/m0./s1. The molecular weight excluding hydrogens is 138 g/mol. The van der Waals surface area contributed by atoms with Gasteiger partial charge in [0.1, 0.15) is 5.78 Å². The number of Topliss-reactive ketones (excluding diaryl/α,β-unsaturated/α-hetero) is 1. The summed E-state index contributed by atoms with van der Waals surface area (Å²) in [6.45, 7) is 0.948. The number of piperidine rings is 1. The molecule has 9 heavy (non-hydrogen) atoms. The zero-order valence-electron chi connectivity index (χ0n) is 5.09. The van der Waals surface area contributed by atoms with Crippen LogP contribution in [0.5, 0.6) is 0 Å². The van der Waals surface area contributed by atoms with E-state index in [4.69, 9.17) is 0 Å². The van der Waals surface area contributed by atoms with E-state index in [0.717, 1.165) is 19.4 Å². The van der Waals surface area contributed by atoms with Gasteiger partial charge in [-0.1, -0.05) is 0 Å². The number of hydrogen-bond donors (Lipinski definition) is 1. The highest BCUT2D eigenvalue weighted by atomic mass is 35.5. The smallest absolute Gasteiger partial charge is 0.138 e. The fourth-order valence-corrected chi connectivity index (χ4v) is 1.63. The minimum absolute atomic E-state index is 0. The molecule has 0 aromatic carbocycles. The summed E-state index contributed by atoms with van der Waals surface area (Å²) in [7, 11) is 0. The Balaban J connectivity index is 0.000000405. The lowest BCUT2D eigenvalue weighted by atomic mass is 10.1. The van der Waals surface area contributed by atoms with Gasteiger partial charge in [-0.05, 0) is 6.42 Å². The van der Waals surface area contributed by atoms with Crippen molar-refractivity contribution in [2.45, 2.75) is 18.9 Å². The van der Waals surface area contributed by atoms with Crippen molar-refractivity contribution in [3.05, 3.63) is 0 Å². The summed E-state index contributed by atoms with van der Waals surface area (Å²) in [4.78, 5) is 10.8. The van der Waals surface area contributed by atoms with E-state index in [2.05, 4.69) is 5.32 Å². The van der Waals surface area contributed by atoms with Crippen LogP contribution in [0.15, 0.2) is 0 Å². The van der Waals surface area contributed by atoms with Crippen molar-refractivity contribution in [2.75, 3.05) is 6.54 Å². The van der Waals surface area contributed by atoms with Gasteiger partial charge in [0.2, 0.25) is 0 Å². The second-order valence-corrected chi connectivity index (χ2v) is 2.71. The summed E-state index contributed by atoms with van der Waals surface area (Å²) in [5.41, 5.74) is 0. The number of rotatable bonds is 0. The first-order valence-corrected chi connectivity index (χ1v) is 3.12. The average Bonchev–Trinajstić information content (AvgIpc) is 2.23. The first-order valence-electron chi connectivity index (χ1n) is 3.12. The van der Waals surface area contributed by atoms with Crippen LogP contribution in [0.1, 0.15) is 12.8 Å². The summed E-state index contributed by atoms with van der Waals surface area (Å²) in [5.74, 6) is 0.869. The van der Waals surface area contributed by atoms with Crippen LogP contribution in [0, 0.1) is 5.92 Å². The summed E-state index contributed by atoms with van der Waals surface area (Å²) in [6.07, 6.45) is 1.91. The summed E-state index contributed by atoms with van der Waals surface area (Å²) >= 11 is 0. The molecule has 0 amide bonds. The number of hydrogen-bond acceptors (Lipinski definition) is 2. The SMILES string of the molecule is Cl.O=C1C[C@H]2C[C@H]1CN2. The van der Waals surface area contributed by atoms with Gasteiger partial charge in [-0.2, -0.15) is 0 Å². The van der Waals surface area contributed by atoms with Crippen molar-refractivity contribution in [3.8, 4) is 0 Å². The number of nitrogens with one attached hydrogen (secondary N) is 1. The minimum Gasteiger partial charge on any atom is -0.313 e. The van der Waals surface area contributed by atoms with E-state index in [1.54, 1.807) is 0 Å². The van der Waals surface area contributed by atoms with Crippen LogP contribution in [0.4, 0.5) is 0 Å². The first kappa shape index (κ1) is 7.03. The molecule has 1 N–H and O–H groups in total. The van der Waals surface area contributed by atoms with Gasteiger partial charge in [0.15, 0.2) is 0 Å². The summed E-state index contributed by atoms with van der Waals surface area (Å²) < 4.78 is 0. The Bertz CT molecular complexity index is 137. The molecule has 1 aliphatic carbocycles. The largest absolute Gasteiger partial charge is 0.313 e. The van der Waals surface area contributed by atoms with E-state index in [0.29, 0.717) is 17.7 Å². The second kappa shape index (κ2) is 2.27. The molecule has 52 valence electrons. The van der Waals surface area contributed by atoms with Gasteiger partial charge in [0.25, 0.3) is 0 Å². The molecule has 2 rings (SSSR count). The third kappa shape index (κ3) is 0.970. The maximum Gasteiger partial charge on any atom is 0.138 e. The molecule has 0 spiro atoms. The van der Waals surface area contributed by atoms with Gasteiger partial charge in [-0.25, -0.2) is 0 Å². The van der Waals surface area contributed by atoms with Crippen LogP contribution in [0.25, 0.3) is 0 Å². The van der Waals surface area contributed by atoms with Crippen LogP contribution >= 0.6 is 12.4 Å². The molecule has 0 aromatic rings. The molecule has 0 unspecified atom stereocenters. The minimum atomic E-state index is 0. The van der Waals surface area contributed by atoms with Crippen LogP contribution in [-0.2, 0) is 4.79 Å². The molecule has 2 nitrogen and oxygen atoms in total. The molecule has 0 aromatic heterocycles.